The second-order valence-corrected chi connectivity index (χ2v) is 6.21. The van der Waals surface area contributed by atoms with Gasteiger partial charge in [-0.1, -0.05) is 6.07 Å². The number of aliphatic hydroxyl groups excluding tert-OH is 1. The third-order valence-electron chi connectivity index (χ3n) is 4.19. The molecule has 1 saturated heterocycles. The summed E-state index contributed by atoms with van der Waals surface area (Å²) in [6.45, 7) is 3.16. The van der Waals surface area contributed by atoms with E-state index in [4.69, 9.17) is 10.5 Å². The fraction of sp³-hybridized carbons (Fsp3) is 0.412. The molecule has 0 spiro atoms. The summed E-state index contributed by atoms with van der Waals surface area (Å²) in [6, 6.07) is 7.63. The number of nitrogens with zero attached hydrogens (tertiary/aromatic N) is 3. The summed E-state index contributed by atoms with van der Waals surface area (Å²) in [7, 11) is 0. The molecule has 0 bridgehead atoms. The first kappa shape index (κ1) is 16.6. The molecule has 24 heavy (non-hydrogen) atoms. The molecule has 2 heterocycles. The van der Waals surface area contributed by atoms with Crippen molar-refractivity contribution in [1.82, 2.24) is 9.97 Å². The molecule has 128 valence electrons. The summed E-state index contributed by atoms with van der Waals surface area (Å²) < 4.78 is 18.9. The van der Waals surface area contributed by atoms with E-state index in [0.29, 0.717) is 43.5 Å². The first-order valence-corrected chi connectivity index (χ1v) is 7.91. The number of aryl methyl sites for hydroxylation is 1. The number of piperidine rings is 1. The van der Waals surface area contributed by atoms with E-state index < -0.39 is 5.54 Å². The number of aromatic nitrogens is 2. The van der Waals surface area contributed by atoms with Gasteiger partial charge in [0.1, 0.15) is 11.6 Å². The summed E-state index contributed by atoms with van der Waals surface area (Å²) in [6.07, 6.45) is 1.34. The van der Waals surface area contributed by atoms with Gasteiger partial charge in [0.2, 0.25) is 11.8 Å². The standard InChI is InChI=1S/C17H21FN4O2/c1-12-9-15(24-14-4-2-3-13(18)10-14)21-16(20-12)22-7-5-17(19,11-23)6-8-22/h2-4,9-10,23H,5-8,11,19H2,1H3. The summed E-state index contributed by atoms with van der Waals surface area (Å²) in [5, 5.41) is 9.36. The number of rotatable bonds is 4. The molecule has 0 unspecified atom stereocenters. The Hall–Kier alpha value is -2.25. The molecule has 6 nitrogen and oxygen atoms in total. The van der Waals surface area contributed by atoms with Crippen molar-refractivity contribution in [2.75, 3.05) is 24.6 Å². The molecular weight excluding hydrogens is 311 g/mol. The smallest absolute Gasteiger partial charge is 0.228 e. The molecule has 2 aromatic rings. The van der Waals surface area contributed by atoms with Crippen LogP contribution in [-0.2, 0) is 0 Å². The predicted octanol–water partition coefficient (Wildman–Crippen LogP) is 2.01. The monoisotopic (exact) mass is 332 g/mol. The van der Waals surface area contributed by atoms with E-state index in [1.165, 1.54) is 12.1 Å². The van der Waals surface area contributed by atoms with Gasteiger partial charge < -0.3 is 20.5 Å². The molecule has 1 aliphatic heterocycles. The number of anilines is 1. The third-order valence-corrected chi connectivity index (χ3v) is 4.19. The number of hydrogen-bond acceptors (Lipinski definition) is 6. The second-order valence-electron chi connectivity index (χ2n) is 6.21. The number of halogens is 1. The van der Waals surface area contributed by atoms with Gasteiger partial charge in [0.05, 0.1) is 6.61 Å². The van der Waals surface area contributed by atoms with Crippen molar-refractivity contribution in [3.63, 3.8) is 0 Å². The Morgan fingerprint density at radius 3 is 2.71 bits per heavy atom. The zero-order chi connectivity index (χ0) is 17.2. The summed E-state index contributed by atoms with van der Waals surface area (Å²) >= 11 is 0. The zero-order valence-electron chi connectivity index (χ0n) is 13.6. The Bertz CT molecular complexity index is 717. The average Bonchev–Trinajstić information content (AvgIpc) is 2.55. The Morgan fingerprint density at radius 1 is 1.29 bits per heavy atom. The highest BCUT2D eigenvalue weighted by Crippen LogP contribution is 2.26. The lowest BCUT2D eigenvalue weighted by Gasteiger charge is -2.38. The van der Waals surface area contributed by atoms with Crippen LogP contribution in [0.4, 0.5) is 10.3 Å². The quantitative estimate of drug-likeness (QED) is 0.891. The minimum absolute atomic E-state index is 0.0244. The highest BCUT2D eigenvalue weighted by molar-refractivity contribution is 5.37. The van der Waals surface area contributed by atoms with Crippen molar-refractivity contribution in [3.05, 3.63) is 41.8 Å². The van der Waals surface area contributed by atoms with E-state index in [9.17, 15) is 9.50 Å². The molecule has 0 aliphatic carbocycles. The van der Waals surface area contributed by atoms with Gasteiger partial charge in [0.25, 0.3) is 0 Å². The van der Waals surface area contributed by atoms with Gasteiger partial charge in [-0.2, -0.15) is 4.98 Å². The Kier molecular flexibility index (Phi) is 4.64. The van der Waals surface area contributed by atoms with E-state index >= 15 is 0 Å². The maximum absolute atomic E-state index is 13.3. The Morgan fingerprint density at radius 2 is 2.04 bits per heavy atom. The van der Waals surface area contributed by atoms with Gasteiger partial charge in [0.15, 0.2) is 0 Å². The van der Waals surface area contributed by atoms with E-state index in [0.717, 1.165) is 5.69 Å². The SMILES string of the molecule is Cc1cc(Oc2cccc(F)c2)nc(N2CCC(N)(CO)CC2)n1. The van der Waals surface area contributed by atoms with Crippen molar-refractivity contribution in [2.45, 2.75) is 25.3 Å². The maximum atomic E-state index is 13.3. The highest BCUT2D eigenvalue weighted by Gasteiger charge is 2.31. The van der Waals surface area contributed by atoms with Gasteiger partial charge in [0, 0.05) is 36.5 Å². The largest absolute Gasteiger partial charge is 0.439 e. The molecule has 7 heteroatoms. The molecule has 1 aromatic heterocycles. The number of ether oxygens (including phenoxy) is 1. The summed E-state index contributed by atoms with van der Waals surface area (Å²) in [5.74, 6) is 0.952. The Labute approximate surface area is 140 Å². The molecule has 1 aromatic carbocycles. The normalized spacial score (nSPS) is 16.9. The minimum atomic E-state index is -0.527. The molecule has 3 rings (SSSR count). The van der Waals surface area contributed by atoms with Crippen LogP contribution in [0.3, 0.4) is 0 Å². The fourth-order valence-electron chi connectivity index (χ4n) is 2.68. The van der Waals surface area contributed by atoms with Gasteiger partial charge >= 0.3 is 0 Å². The maximum Gasteiger partial charge on any atom is 0.228 e. The zero-order valence-corrected chi connectivity index (χ0v) is 13.6. The molecule has 0 radical (unpaired) electrons. The van der Waals surface area contributed by atoms with Crippen molar-refractivity contribution < 1.29 is 14.2 Å². The summed E-state index contributed by atoms with van der Waals surface area (Å²) in [5.41, 5.74) is 6.33. The van der Waals surface area contributed by atoms with Crippen LogP contribution in [0, 0.1) is 12.7 Å². The molecular formula is C17H21FN4O2. The van der Waals surface area contributed by atoms with Crippen molar-refractivity contribution in [1.29, 1.82) is 0 Å². The topological polar surface area (TPSA) is 84.5 Å². The third kappa shape index (κ3) is 3.80. The molecule has 1 fully saturated rings. The summed E-state index contributed by atoms with van der Waals surface area (Å²) in [4.78, 5) is 10.9. The van der Waals surface area contributed by atoms with Crippen LogP contribution >= 0.6 is 0 Å². The van der Waals surface area contributed by atoms with Crippen LogP contribution < -0.4 is 15.4 Å². The van der Waals surface area contributed by atoms with Gasteiger partial charge in [-0.05, 0) is 31.9 Å². The fourth-order valence-corrected chi connectivity index (χ4v) is 2.68. The van der Waals surface area contributed by atoms with E-state index in [1.807, 2.05) is 11.8 Å². The Balaban J connectivity index is 1.77. The molecule has 1 aliphatic rings. The predicted molar refractivity (Wildman–Crippen MR) is 88.7 cm³/mol. The first-order chi connectivity index (χ1) is 11.5. The second kappa shape index (κ2) is 6.70. The molecule has 0 saturated carbocycles. The lowest BCUT2D eigenvalue weighted by atomic mass is 9.90. The van der Waals surface area contributed by atoms with Crippen LogP contribution in [-0.4, -0.2) is 40.3 Å². The average molecular weight is 332 g/mol. The van der Waals surface area contributed by atoms with Gasteiger partial charge in [-0.25, -0.2) is 9.37 Å². The van der Waals surface area contributed by atoms with Crippen LogP contribution in [0.15, 0.2) is 30.3 Å². The lowest BCUT2D eigenvalue weighted by molar-refractivity contribution is 0.169. The number of aliphatic hydroxyl groups is 1. The van der Waals surface area contributed by atoms with Crippen LogP contribution in [0.25, 0.3) is 0 Å². The van der Waals surface area contributed by atoms with E-state index in [-0.39, 0.29) is 12.4 Å². The van der Waals surface area contributed by atoms with Crippen molar-refractivity contribution in [2.24, 2.45) is 5.73 Å². The van der Waals surface area contributed by atoms with E-state index in [1.54, 1.807) is 18.2 Å². The molecule has 3 N–H and O–H groups in total. The van der Waals surface area contributed by atoms with Gasteiger partial charge in [-0.15, -0.1) is 0 Å². The number of benzene rings is 1. The number of nitrogens with two attached hydrogens (primary N) is 1. The van der Waals surface area contributed by atoms with Crippen LogP contribution in [0.2, 0.25) is 0 Å². The van der Waals surface area contributed by atoms with Gasteiger partial charge in [-0.3, -0.25) is 0 Å². The molecule has 0 atom stereocenters. The van der Waals surface area contributed by atoms with Crippen molar-refractivity contribution in [3.8, 4) is 11.6 Å². The number of hydrogen-bond donors (Lipinski definition) is 2. The van der Waals surface area contributed by atoms with E-state index in [2.05, 4.69) is 9.97 Å². The van der Waals surface area contributed by atoms with Crippen molar-refractivity contribution >= 4 is 5.95 Å². The minimum Gasteiger partial charge on any atom is -0.439 e. The lowest BCUT2D eigenvalue weighted by Crippen LogP contribution is -2.53. The highest BCUT2D eigenvalue weighted by atomic mass is 19.1. The first-order valence-electron chi connectivity index (χ1n) is 7.91. The van der Waals surface area contributed by atoms with Crippen LogP contribution in [0.5, 0.6) is 11.6 Å². The molecule has 0 amide bonds. The van der Waals surface area contributed by atoms with Crippen LogP contribution in [0.1, 0.15) is 18.5 Å².